The molecule has 2 atom stereocenters. The van der Waals surface area contributed by atoms with Crippen LogP contribution in [0.1, 0.15) is 118 Å². The molecule has 27 heavy (non-hydrogen) atoms. The van der Waals surface area contributed by atoms with E-state index in [-0.39, 0.29) is 49.6 Å². The molecule has 0 aliphatic rings. The van der Waals surface area contributed by atoms with Gasteiger partial charge in [0.15, 0.2) is 0 Å². The van der Waals surface area contributed by atoms with Gasteiger partial charge < -0.3 is 19.8 Å². The van der Waals surface area contributed by atoms with Crippen LogP contribution in [0.4, 0.5) is 0 Å². The van der Waals surface area contributed by atoms with E-state index in [0.29, 0.717) is 0 Å². The largest absolute Gasteiger partial charge is 2.00 e. The molecular formula is C22H42CaO4. The van der Waals surface area contributed by atoms with Gasteiger partial charge in [-0.2, -0.15) is 0 Å². The number of aliphatic carboxylic acids is 2. The number of unbranched alkanes of at least 4 members (excludes halogenated alkanes) is 6. The van der Waals surface area contributed by atoms with Crippen LogP contribution < -0.4 is 10.2 Å². The first-order valence-corrected chi connectivity index (χ1v) is 10.9. The minimum Gasteiger partial charge on any atom is -0.550 e. The zero-order chi connectivity index (χ0) is 20.2. The maximum absolute atomic E-state index is 10.6. The van der Waals surface area contributed by atoms with Gasteiger partial charge in [0, 0.05) is 11.9 Å². The van der Waals surface area contributed by atoms with Gasteiger partial charge in [-0.15, -0.1) is 0 Å². The van der Waals surface area contributed by atoms with E-state index >= 15 is 0 Å². The zero-order valence-electron chi connectivity index (χ0n) is 18.4. The molecule has 0 heterocycles. The predicted molar refractivity (Wildman–Crippen MR) is 110 cm³/mol. The molecule has 0 amide bonds. The van der Waals surface area contributed by atoms with E-state index in [1.165, 1.54) is 25.7 Å². The molecule has 0 fully saturated rings. The third kappa shape index (κ3) is 22.4. The van der Waals surface area contributed by atoms with Crippen LogP contribution in [0, 0.1) is 11.8 Å². The Morgan fingerprint density at radius 3 is 1.11 bits per heavy atom. The summed E-state index contributed by atoms with van der Waals surface area (Å²) in [6.07, 6.45) is 14.2. The van der Waals surface area contributed by atoms with Gasteiger partial charge in [-0.1, -0.05) is 91.9 Å². The van der Waals surface area contributed by atoms with E-state index in [1.54, 1.807) is 0 Å². The van der Waals surface area contributed by atoms with Crippen molar-refractivity contribution in [3.05, 3.63) is 0 Å². The van der Waals surface area contributed by atoms with Crippen molar-refractivity contribution in [1.29, 1.82) is 0 Å². The summed E-state index contributed by atoms with van der Waals surface area (Å²) in [6, 6.07) is 0. The van der Waals surface area contributed by atoms with Crippen molar-refractivity contribution < 1.29 is 19.8 Å². The topological polar surface area (TPSA) is 80.3 Å². The molecule has 0 aromatic rings. The van der Waals surface area contributed by atoms with Crippen LogP contribution in [0.25, 0.3) is 0 Å². The molecule has 0 aliphatic heterocycles. The van der Waals surface area contributed by atoms with Crippen LogP contribution in [-0.2, 0) is 9.59 Å². The van der Waals surface area contributed by atoms with Crippen LogP contribution in [-0.4, -0.2) is 49.7 Å². The fourth-order valence-electron chi connectivity index (χ4n) is 3.09. The summed E-state index contributed by atoms with van der Waals surface area (Å²) in [4.78, 5) is 21.3. The van der Waals surface area contributed by atoms with E-state index in [9.17, 15) is 19.8 Å². The minimum atomic E-state index is -0.863. The second-order valence-electron chi connectivity index (χ2n) is 7.31. The SMILES string of the molecule is CCCCCCC(CCC)C(=O)[O-].CCCCCCC(CCC)C(=O)[O-].[Ca+2]. The van der Waals surface area contributed by atoms with Crippen LogP contribution in [0.15, 0.2) is 0 Å². The van der Waals surface area contributed by atoms with Gasteiger partial charge in [-0.3, -0.25) is 0 Å². The number of carbonyl (C=O) groups excluding carboxylic acids is 2. The van der Waals surface area contributed by atoms with E-state index in [2.05, 4.69) is 13.8 Å². The Morgan fingerprint density at radius 2 is 0.889 bits per heavy atom. The fourth-order valence-corrected chi connectivity index (χ4v) is 3.09. The molecule has 0 aromatic carbocycles. The van der Waals surface area contributed by atoms with Crippen molar-refractivity contribution in [3.8, 4) is 0 Å². The number of hydrogen-bond acceptors (Lipinski definition) is 4. The van der Waals surface area contributed by atoms with E-state index in [0.717, 1.165) is 64.2 Å². The third-order valence-corrected chi connectivity index (χ3v) is 4.75. The zero-order valence-corrected chi connectivity index (χ0v) is 20.6. The van der Waals surface area contributed by atoms with Crippen molar-refractivity contribution in [2.75, 3.05) is 0 Å². The van der Waals surface area contributed by atoms with Crippen LogP contribution in [0.2, 0.25) is 0 Å². The van der Waals surface area contributed by atoms with E-state index < -0.39 is 11.9 Å². The summed E-state index contributed by atoms with van der Waals surface area (Å²) in [7, 11) is 0. The van der Waals surface area contributed by atoms with Gasteiger partial charge >= 0.3 is 37.7 Å². The molecule has 0 aromatic heterocycles. The van der Waals surface area contributed by atoms with Crippen LogP contribution in [0.5, 0.6) is 0 Å². The number of rotatable bonds is 16. The van der Waals surface area contributed by atoms with Gasteiger partial charge in [0.1, 0.15) is 0 Å². The number of carbonyl (C=O) groups is 2. The maximum Gasteiger partial charge on any atom is 2.00 e. The molecule has 0 N–H and O–H groups in total. The van der Waals surface area contributed by atoms with Crippen molar-refractivity contribution in [1.82, 2.24) is 0 Å². The predicted octanol–water partition coefficient (Wildman–Crippen LogP) is 3.87. The van der Waals surface area contributed by atoms with Gasteiger partial charge in [-0.25, -0.2) is 0 Å². The molecule has 0 spiro atoms. The van der Waals surface area contributed by atoms with Crippen molar-refractivity contribution in [2.24, 2.45) is 11.8 Å². The first-order valence-electron chi connectivity index (χ1n) is 10.9. The number of carboxylic acids is 2. The standard InChI is InChI=1S/2C11H22O2.Ca/c2*1-3-5-6-7-9-10(8-4-2)11(12)13;/h2*10H,3-9H2,1-2H3,(H,12,13);/q;;+2/p-2. The molecule has 2 unspecified atom stereocenters. The van der Waals surface area contributed by atoms with Gasteiger partial charge in [0.25, 0.3) is 0 Å². The summed E-state index contributed by atoms with van der Waals surface area (Å²) in [5.41, 5.74) is 0. The summed E-state index contributed by atoms with van der Waals surface area (Å²) in [6.45, 7) is 8.34. The molecular weight excluding hydrogens is 368 g/mol. The molecule has 0 rings (SSSR count). The molecule has 0 saturated carbocycles. The Bertz CT molecular complexity index is 302. The first-order chi connectivity index (χ1) is 12.4. The molecule has 0 aliphatic carbocycles. The Labute approximate surface area is 197 Å². The molecule has 0 saturated heterocycles. The Hall–Kier alpha value is 0.200. The molecule has 0 radical (unpaired) electrons. The summed E-state index contributed by atoms with van der Waals surface area (Å²) in [5.74, 6) is -2.14. The van der Waals surface area contributed by atoms with Crippen LogP contribution >= 0.6 is 0 Å². The van der Waals surface area contributed by atoms with Crippen molar-refractivity contribution in [2.45, 2.75) is 118 Å². The van der Waals surface area contributed by atoms with Gasteiger partial charge in [0.05, 0.1) is 0 Å². The van der Waals surface area contributed by atoms with E-state index in [4.69, 9.17) is 0 Å². The molecule has 5 heteroatoms. The maximum atomic E-state index is 10.6. The Balaban J connectivity index is -0.000000411. The second-order valence-corrected chi connectivity index (χ2v) is 7.31. The van der Waals surface area contributed by atoms with Gasteiger partial charge in [0.2, 0.25) is 0 Å². The molecule has 156 valence electrons. The van der Waals surface area contributed by atoms with Crippen molar-refractivity contribution >= 4 is 49.7 Å². The minimum absolute atomic E-state index is 0. The smallest absolute Gasteiger partial charge is 0.550 e. The Kier molecular flexibility index (Phi) is 28.6. The third-order valence-electron chi connectivity index (χ3n) is 4.75. The summed E-state index contributed by atoms with van der Waals surface area (Å²) < 4.78 is 0. The quantitative estimate of drug-likeness (QED) is 0.286. The first kappa shape index (κ1) is 31.9. The summed E-state index contributed by atoms with van der Waals surface area (Å²) >= 11 is 0. The molecule has 4 nitrogen and oxygen atoms in total. The number of hydrogen-bond donors (Lipinski definition) is 0. The van der Waals surface area contributed by atoms with Crippen LogP contribution in [0.3, 0.4) is 0 Å². The fraction of sp³-hybridized carbons (Fsp3) is 0.909. The van der Waals surface area contributed by atoms with E-state index in [1.807, 2.05) is 13.8 Å². The van der Waals surface area contributed by atoms with Crippen molar-refractivity contribution in [3.63, 3.8) is 0 Å². The average molecular weight is 411 g/mol. The average Bonchev–Trinajstić information content (AvgIpc) is 2.60. The second kappa shape index (κ2) is 24.2. The van der Waals surface area contributed by atoms with Gasteiger partial charge in [-0.05, 0) is 37.5 Å². The Morgan fingerprint density at radius 1 is 0.556 bits per heavy atom. The summed E-state index contributed by atoms with van der Waals surface area (Å²) in [5, 5.41) is 21.3. The number of carboxylic acid groups (broad SMARTS) is 2. The normalized spacial score (nSPS) is 12.3. The molecule has 0 bridgehead atoms. The monoisotopic (exact) mass is 410 g/mol.